The number of Topliss-reactive ketones (excluding diaryl/α,β-unsaturated/α-hetero) is 1. The number of nitrogens with one attached hydrogen (secondary N) is 4. The summed E-state index contributed by atoms with van der Waals surface area (Å²) in [5.74, 6) is 3.31. The molecule has 0 spiro atoms. The fraction of sp³-hybridized carbons (Fsp3) is 0.443. The van der Waals surface area contributed by atoms with Crippen LogP contribution in [0.3, 0.4) is 0 Å². The number of aliphatic hydroxyl groups excluding tert-OH is 2. The van der Waals surface area contributed by atoms with E-state index in [-0.39, 0.29) is 67.0 Å². The molecule has 0 radical (unpaired) electrons. The molecule has 10 heterocycles. The van der Waals surface area contributed by atoms with Gasteiger partial charge in [-0.3, -0.25) is 29.7 Å². The van der Waals surface area contributed by atoms with E-state index in [0.717, 1.165) is 128 Å². The molecule has 8 aromatic rings. The van der Waals surface area contributed by atoms with Crippen LogP contribution in [-0.4, -0.2) is 131 Å². The number of unbranched alkanes of at least 4 members (excludes halogenated alkanes) is 4. The molecule has 8 aromatic heterocycles. The van der Waals surface area contributed by atoms with Gasteiger partial charge in [0.05, 0.1) is 58.6 Å². The maximum atomic E-state index is 12.4. The highest BCUT2D eigenvalue weighted by Crippen LogP contribution is 2.26. The van der Waals surface area contributed by atoms with Crippen LogP contribution in [0.4, 0.5) is 47.1 Å². The van der Waals surface area contributed by atoms with Crippen molar-refractivity contribution in [3.63, 3.8) is 0 Å². The number of ketones is 1. The molecule has 14 N–H and O–H groups in total. The van der Waals surface area contributed by atoms with Crippen molar-refractivity contribution in [3.05, 3.63) is 85.1 Å². The summed E-state index contributed by atoms with van der Waals surface area (Å²) >= 11 is 0. The van der Waals surface area contributed by atoms with Crippen molar-refractivity contribution in [2.45, 2.75) is 162 Å². The number of carbonyl (C=O) groups is 1. The molecule has 0 saturated carbocycles. The fourth-order valence-electron chi connectivity index (χ4n) is 9.60. The zero-order chi connectivity index (χ0) is 61.9. The smallest absolute Gasteiger partial charge is 0.222 e. The standard InChI is InChI=1S/C16H20N6.C16H23N5O2.C15H19N7.C14H21N5O/c1-2-3-6-12(11-7-4-9-18-11)20-15-14-13(8-5-10-19-14)21-16(17)22-15;1-2-3-6-11(13(23)8-5-10-22)19-15-14-12(7-4-9-18-14)20-16(17)21-15;1-2-3-5-10(11-7-9-18-22-11)19-14-13-12(6-4-8-17-13)20-15(16)21-14;1-3-4-5-10(8-20)17-13-12-11(18-14(15)19-13)9(2)6-7-16-12/h4-5,8-10,12H,2-3,6-7H2,1H3,(H3,17,20,21,22);4,7,9,11,22H,2-3,5-6,8,10H2,1H3,(H3,17,19,20,21);4,6,8-10H,2-3,5,7H2,1H3,(H3,16,19,20,21);6-7,10,20H,3-5,8H2,1-2H3,(H3,15,17,18,19)/t12-;11-;2*10-/m1111/s1. The molecular formula is C61H83N23O3. The predicted octanol–water partition coefficient (Wildman–Crippen LogP) is 9.14. The Hall–Kier alpha value is -9.30. The minimum Gasteiger partial charge on any atom is -0.396 e. The molecule has 0 aliphatic carbocycles. The number of allylic oxidation sites excluding steroid dienone is 1. The number of carbonyl (C=O) groups excluding carboxylic acids is 1. The van der Waals surface area contributed by atoms with E-state index in [1.165, 1.54) is 0 Å². The zero-order valence-electron chi connectivity index (χ0n) is 50.4. The number of aromatic nitrogens is 12. The Bertz CT molecular complexity index is 3510. The lowest BCUT2D eigenvalue weighted by Crippen LogP contribution is -2.30. The summed E-state index contributed by atoms with van der Waals surface area (Å²) in [6.07, 6.45) is 27.2. The van der Waals surface area contributed by atoms with Crippen LogP contribution >= 0.6 is 0 Å². The Morgan fingerprint density at radius 2 is 1.01 bits per heavy atom. The number of rotatable bonds is 27. The molecule has 26 heteroatoms. The topological polar surface area (TPSA) is 401 Å². The number of hydrogen-bond donors (Lipinski definition) is 10. The van der Waals surface area contributed by atoms with Gasteiger partial charge in [0.15, 0.2) is 29.1 Å². The second-order valence-electron chi connectivity index (χ2n) is 20.9. The molecule has 10 rings (SSSR count). The van der Waals surface area contributed by atoms with Crippen LogP contribution < -0.4 is 44.2 Å². The molecule has 87 heavy (non-hydrogen) atoms. The van der Waals surface area contributed by atoms with Crippen molar-refractivity contribution in [2.24, 2.45) is 15.2 Å². The van der Waals surface area contributed by atoms with Gasteiger partial charge in [0.1, 0.15) is 22.1 Å². The summed E-state index contributed by atoms with van der Waals surface area (Å²) in [4.78, 5) is 68.1. The fourth-order valence-corrected chi connectivity index (χ4v) is 9.60. The Morgan fingerprint density at radius 1 is 0.529 bits per heavy atom. The summed E-state index contributed by atoms with van der Waals surface area (Å²) in [5.41, 5.74) is 31.9. The Morgan fingerprint density at radius 3 is 1.49 bits per heavy atom. The van der Waals surface area contributed by atoms with Gasteiger partial charge in [-0.25, -0.2) is 19.9 Å². The van der Waals surface area contributed by atoms with Gasteiger partial charge in [0, 0.05) is 68.8 Å². The van der Waals surface area contributed by atoms with Gasteiger partial charge < -0.3 is 54.4 Å². The van der Waals surface area contributed by atoms with Gasteiger partial charge >= 0.3 is 0 Å². The van der Waals surface area contributed by atoms with E-state index in [9.17, 15) is 9.90 Å². The van der Waals surface area contributed by atoms with Crippen LogP contribution in [0.25, 0.3) is 44.1 Å². The number of nitrogens with zero attached hydrogens (tertiary/aromatic N) is 15. The maximum absolute atomic E-state index is 12.4. The number of nitrogens with two attached hydrogens (primary N) is 4. The van der Waals surface area contributed by atoms with E-state index in [1.54, 1.807) is 36.9 Å². The number of pyridine rings is 4. The van der Waals surface area contributed by atoms with E-state index in [1.807, 2.05) is 49.7 Å². The highest BCUT2D eigenvalue weighted by atomic mass is 16.3. The SMILES string of the molecule is CCCC[C@@H](Nc1nc(N)nc2cccnc12)C(=O)CCCO.CCCC[C@@H](Nc1nc(N)nc2cccnc12)C1=NC=CC1.CCCC[C@@H](Nc1nc(N)nc2cccnc12)C1=NN=CC1.CCCC[C@H](CO)Nc1nc(N)nc2c(C)ccnc12. The molecule has 0 saturated heterocycles. The first-order valence-corrected chi connectivity index (χ1v) is 30.0. The van der Waals surface area contributed by atoms with Crippen molar-refractivity contribution in [3.8, 4) is 0 Å². The first-order chi connectivity index (χ1) is 42.4. The zero-order valence-corrected chi connectivity index (χ0v) is 50.4. The highest BCUT2D eigenvalue weighted by molar-refractivity contribution is 6.03. The van der Waals surface area contributed by atoms with Crippen LogP contribution in [0.1, 0.15) is 136 Å². The number of fused-ring (bicyclic) bond motifs is 4. The molecule has 0 fully saturated rings. The first kappa shape index (κ1) is 65.2. The summed E-state index contributed by atoms with van der Waals surface area (Å²) in [5, 5.41) is 39.9. The lowest BCUT2D eigenvalue weighted by Gasteiger charge is -2.20. The second kappa shape index (κ2) is 34.0. The molecule has 0 unspecified atom stereocenters. The van der Waals surface area contributed by atoms with E-state index in [0.29, 0.717) is 59.1 Å². The molecule has 2 aliphatic heterocycles. The van der Waals surface area contributed by atoms with Crippen molar-refractivity contribution in [1.29, 1.82) is 0 Å². The Labute approximate surface area is 506 Å². The largest absolute Gasteiger partial charge is 0.396 e. The predicted molar refractivity (Wildman–Crippen MR) is 350 cm³/mol. The lowest BCUT2D eigenvalue weighted by atomic mass is 10.0. The normalized spacial score (nSPS) is 13.7. The van der Waals surface area contributed by atoms with E-state index in [2.05, 4.69) is 130 Å². The molecular weight excluding hydrogens is 1100 g/mol. The number of aryl methyl sites for hydroxylation is 1. The van der Waals surface area contributed by atoms with Crippen molar-refractivity contribution < 1.29 is 15.0 Å². The number of aliphatic hydroxyl groups is 2. The van der Waals surface area contributed by atoms with Crippen LogP contribution in [0.2, 0.25) is 0 Å². The van der Waals surface area contributed by atoms with Gasteiger partial charge in [-0.15, -0.1) is 0 Å². The highest BCUT2D eigenvalue weighted by Gasteiger charge is 2.23. The van der Waals surface area contributed by atoms with E-state index in [4.69, 9.17) is 28.0 Å². The van der Waals surface area contributed by atoms with Crippen molar-refractivity contribution in [2.75, 3.05) is 57.4 Å². The third-order valence-corrected chi connectivity index (χ3v) is 14.2. The molecule has 26 nitrogen and oxygen atoms in total. The minimum atomic E-state index is -0.360. The number of anilines is 8. The van der Waals surface area contributed by atoms with Gasteiger partial charge in [-0.1, -0.05) is 85.1 Å². The monoisotopic (exact) mass is 1190 g/mol. The summed E-state index contributed by atoms with van der Waals surface area (Å²) < 4.78 is 0. The molecule has 0 aromatic carbocycles. The summed E-state index contributed by atoms with van der Waals surface area (Å²) in [6.45, 7) is 10.6. The van der Waals surface area contributed by atoms with Crippen LogP contribution in [0, 0.1) is 6.92 Å². The summed E-state index contributed by atoms with van der Waals surface area (Å²) in [7, 11) is 0. The third-order valence-electron chi connectivity index (χ3n) is 14.2. The Balaban J connectivity index is 0.000000166. The van der Waals surface area contributed by atoms with Crippen LogP contribution in [-0.2, 0) is 4.79 Å². The minimum absolute atomic E-state index is 0.0111. The van der Waals surface area contributed by atoms with Crippen LogP contribution in [0.15, 0.2) is 94.7 Å². The van der Waals surface area contributed by atoms with Crippen LogP contribution in [0.5, 0.6) is 0 Å². The maximum Gasteiger partial charge on any atom is 0.222 e. The first-order valence-electron chi connectivity index (χ1n) is 30.0. The summed E-state index contributed by atoms with van der Waals surface area (Å²) in [6, 6.07) is 12.7. The number of nitrogen functional groups attached to an aromatic ring is 4. The molecule has 4 atom stereocenters. The molecule has 2 aliphatic rings. The van der Waals surface area contributed by atoms with Gasteiger partial charge in [-0.2, -0.15) is 30.1 Å². The average molecular weight is 1190 g/mol. The second-order valence-corrected chi connectivity index (χ2v) is 20.9. The van der Waals surface area contributed by atoms with E-state index < -0.39 is 0 Å². The Kier molecular flexibility index (Phi) is 25.5. The molecule has 0 amide bonds. The molecule has 460 valence electrons. The quantitative estimate of drug-likeness (QED) is 0.0229. The molecule has 0 bridgehead atoms. The van der Waals surface area contributed by atoms with Gasteiger partial charge in [-0.05, 0) is 87.1 Å². The van der Waals surface area contributed by atoms with Crippen molar-refractivity contribution >= 4 is 115 Å². The van der Waals surface area contributed by atoms with E-state index >= 15 is 0 Å². The lowest BCUT2D eigenvalue weighted by molar-refractivity contribution is -0.120. The third kappa shape index (κ3) is 19.1. The van der Waals surface area contributed by atoms with Gasteiger partial charge in [0.2, 0.25) is 23.8 Å². The van der Waals surface area contributed by atoms with Crippen molar-refractivity contribution in [1.82, 2.24) is 59.8 Å². The number of hydrogen-bond acceptors (Lipinski definition) is 26. The number of aliphatic imine (C=N–C) groups is 1. The van der Waals surface area contributed by atoms with Gasteiger partial charge in [0.25, 0.3) is 0 Å². The average Bonchev–Trinajstić information content (AvgIpc) is 2.71.